The number of ketones is 1. The van der Waals surface area contributed by atoms with Crippen LogP contribution < -0.4 is 9.47 Å². The predicted octanol–water partition coefficient (Wildman–Crippen LogP) is 3.73. The molecule has 0 amide bonds. The molecule has 0 N–H and O–H groups in total. The van der Waals surface area contributed by atoms with Crippen LogP contribution in [0.4, 0.5) is 0 Å². The summed E-state index contributed by atoms with van der Waals surface area (Å²) in [6, 6.07) is 14.9. The number of rotatable bonds is 4. The summed E-state index contributed by atoms with van der Waals surface area (Å²) in [7, 11) is 3.23. The van der Waals surface area contributed by atoms with Crippen LogP contribution in [0.3, 0.4) is 0 Å². The van der Waals surface area contributed by atoms with Crippen LogP contribution in [0.1, 0.15) is 18.1 Å². The zero-order valence-electron chi connectivity index (χ0n) is 13.4. The average Bonchev–Trinajstić information content (AvgIpc) is 2.59. The van der Waals surface area contributed by atoms with Gasteiger partial charge in [-0.15, -0.1) is 0 Å². The number of ether oxygens (including phenoxy) is 2. The van der Waals surface area contributed by atoms with Crippen LogP contribution in [-0.4, -0.2) is 20.0 Å². The molecule has 0 aliphatic heterocycles. The first-order valence-electron chi connectivity index (χ1n) is 7.15. The summed E-state index contributed by atoms with van der Waals surface area (Å²) in [4.78, 5) is 11.8. The van der Waals surface area contributed by atoms with E-state index in [1.807, 2.05) is 48.5 Å². The van der Waals surface area contributed by atoms with Crippen molar-refractivity contribution < 1.29 is 14.3 Å². The third-order valence-corrected chi connectivity index (χ3v) is 3.24. The van der Waals surface area contributed by atoms with Gasteiger partial charge < -0.3 is 9.47 Å². The van der Waals surface area contributed by atoms with E-state index in [4.69, 9.17) is 9.47 Å². The first-order chi connectivity index (χ1) is 11.1. The molecule has 3 nitrogen and oxygen atoms in total. The van der Waals surface area contributed by atoms with Crippen molar-refractivity contribution in [2.24, 2.45) is 0 Å². The van der Waals surface area contributed by atoms with Crippen LogP contribution in [0.2, 0.25) is 0 Å². The molecule has 3 heteroatoms. The molecule has 0 aromatic heterocycles. The van der Waals surface area contributed by atoms with Gasteiger partial charge in [0.15, 0.2) is 5.78 Å². The van der Waals surface area contributed by atoms with Crippen molar-refractivity contribution in [1.29, 1.82) is 0 Å². The molecule has 2 aromatic carbocycles. The van der Waals surface area contributed by atoms with Crippen molar-refractivity contribution in [2.45, 2.75) is 6.92 Å². The van der Waals surface area contributed by atoms with E-state index in [0.717, 1.165) is 22.6 Å². The van der Waals surface area contributed by atoms with Gasteiger partial charge in [0.25, 0.3) is 0 Å². The molecule has 0 aliphatic rings. The lowest BCUT2D eigenvalue weighted by atomic mass is 10.1. The lowest BCUT2D eigenvalue weighted by molar-refractivity contribution is -0.113. The summed E-state index contributed by atoms with van der Waals surface area (Å²) in [6.45, 7) is 1.51. The fourth-order valence-electron chi connectivity index (χ4n) is 1.91. The van der Waals surface area contributed by atoms with Gasteiger partial charge >= 0.3 is 0 Å². The summed E-state index contributed by atoms with van der Waals surface area (Å²) >= 11 is 0. The van der Waals surface area contributed by atoms with Crippen LogP contribution in [0.25, 0.3) is 6.08 Å². The summed E-state index contributed by atoms with van der Waals surface area (Å²) in [5.74, 6) is 7.42. The van der Waals surface area contributed by atoms with E-state index >= 15 is 0 Å². The van der Waals surface area contributed by atoms with E-state index in [1.54, 1.807) is 20.3 Å². The number of benzene rings is 2. The SMILES string of the molecule is COc1ccc(C#C/C(=C\c2ccc(OC)cc2)C(C)=O)cc1. The van der Waals surface area contributed by atoms with Crippen molar-refractivity contribution in [1.82, 2.24) is 0 Å². The van der Waals surface area contributed by atoms with Crippen molar-refractivity contribution in [2.75, 3.05) is 14.2 Å². The largest absolute Gasteiger partial charge is 0.497 e. The normalized spacial score (nSPS) is 10.5. The monoisotopic (exact) mass is 306 g/mol. The maximum atomic E-state index is 11.8. The Hall–Kier alpha value is -2.99. The molecule has 116 valence electrons. The molecule has 0 atom stereocenters. The van der Waals surface area contributed by atoms with Gasteiger partial charge in [-0.3, -0.25) is 4.79 Å². The van der Waals surface area contributed by atoms with Gasteiger partial charge in [-0.05, 0) is 55.0 Å². The Morgan fingerprint density at radius 3 is 1.91 bits per heavy atom. The van der Waals surface area contributed by atoms with Gasteiger partial charge in [0.1, 0.15) is 11.5 Å². The van der Waals surface area contributed by atoms with Crippen LogP contribution in [0.15, 0.2) is 54.1 Å². The summed E-state index contributed by atoms with van der Waals surface area (Å²) < 4.78 is 10.2. The predicted molar refractivity (Wildman–Crippen MR) is 91.5 cm³/mol. The zero-order chi connectivity index (χ0) is 16.7. The van der Waals surface area contributed by atoms with Crippen LogP contribution in [0.5, 0.6) is 11.5 Å². The van der Waals surface area contributed by atoms with Crippen molar-refractivity contribution in [3.63, 3.8) is 0 Å². The number of carbonyl (C=O) groups is 1. The van der Waals surface area contributed by atoms with Gasteiger partial charge in [-0.1, -0.05) is 24.0 Å². The highest BCUT2D eigenvalue weighted by molar-refractivity contribution is 6.02. The summed E-state index contributed by atoms with van der Waals surface area (Å²) in [5.41, 5.74) is 2.19. The zero-order valence-corrected chi connectivity index (χ0v) is 13.4. The molecule has 0 saturated carbocycles. The maximum absolute atomic E-state index is 11.8. The molecule has 0 radical (unpaired) electrons. The van der Waals surface area contributed by atoms with Gasteiger partial charge in [0.05, 0.1) is 19.8 Å². The van der Waals surface area contributed by atoms with Crippen LogP contribution in [0, 0.1) is 11.8 Å². The molecule has 0 saturated heterocycles. The number of allylic oxidation sites excluding steroid dienone is 1. The van der Waals surface area contributed by atoms with E-state index in [0.29, 0.717) is 5.57 Å². The van der Waals surface area contributed by atoms with E-state index in [1.165, 1.54) is 6.92 Å². The van der Waals surface area contributed by atoms with Crippen LogP contribution >= 0.6 is 0 Å². The number of hydrogen-bond donors (Lipinski definition) is 0. The fraction of sp³-hybridized carbons (Fsp3) is 0.150. The van der Waals surface area contributed by atoms with E-state index in [9.17, 15) is 4.79 Å². The first-order valence-corrected chi connectivity index (χ1v) is 7.15. The Balaban J connectivity index is 2.25. The standard InChI is InChI=1S/C20H18O3/c1-15(21)18(14-17-7-12-20(23-3)13-8-17)9-4-16-5-10-19(22-2)11-6-16/h5-8,10-14H,1-3H3/b18-14+. The number of methoxy groups -OCH3 is 2. The lowest BCUT2D eigenvalue weighted by Crippen LogP contribution is -1.94. The topological polar surface area (TPSA) is 35.5 Å². The van der Waals surface area contributed by atoms with Crippen LogP contribution in [-0.2, 0) is 4.79 Å². The van der Waals surface area contributed by atoms with E-state index in [2.05, 4.69) is 11.8 Å². The van der Waals surface area contributed by atoms with Crippen molar-refractivity contribution in [3.8, 4) is 23.3 Å². The molecule has 0 bridgehead atoms. The molecule has 0 unspecified atom stereocenters. The Kier molecular flexibility index (Phi) is 5.60. The second kappa shape index (κ2) is 7.86. The Morgan fingerprint density at radius 2 is 1.43 bits per heavy atom. The second-order valence-corrected chi connectivity index (χ2v) is 4.87. The molecule has 0 heterocycles. The van der Waals surface area contributed by atoms with Crippen molar-refractivity contribution >= 4 is 11.9 Å². The number of Topliss-reactive ketones (excluding diaryl/α,β-unsaturated/α-hetero) is 1. The van der Waals surface area contributed by atoms with E-state index < -0.39 is 0 Å². The highest BCUT2D eigenvalue weighted by atomic mass is 16.5. The molecular formula is C20H18O3. The minimum Gasteiger partial charge on any atom is -0.497 e. The smallest absolute Gasteiger partial charge is 0.168 e. The lowest BCUT2D eigenvalue weighted by Gasteiger charge is -2.00. The van der Waals surface area contributed by atoms with Gasteiger partial charge in [0.2, 0.25) is 0 Å². The molecule has 23 heavy (non-hydrogen) atoms. The Morgan fingerprint density at radius 1 is 0.913 bits per heavy atom. The van der Waals surface area contributed by atoms with Gasteiger partial charge in [0, 0.05) is 5.56 Å². The average molecular weight is 306 g/mol. The van der Waals surface area contributed by atoms with Crippen molar-refractivity contribution in [3.05, 3.63) is 65.2 Å². The first kappa shape index (κ1) is 16.4. The van der Waals surface area contributed by atoms with E-state index in [-0.39, 0.29) is 5.78 Å². The van der Waals surface area contributed by atoms with Gasteiger partial charge in [-0.2, -0.15) is 0 Å². The molecule has 0 fully saturated rings. The quantitative estimate of drug-likeness (QED) is 0.638. The Labute approximate surface area is 136 Å². The number of hydrogen-bond acceptors (Lipinski definition) is 3. The molecule has 0 aliphatic carbocycles. The number of carbonyl (C=O) groups excluding carboxylic acids is 1. The highest BCUT2D eigenvalue weighted by Crippen LogP contribution is 2.15. The molecule has 2 rings (SSSR count). The Bertz CT molecular complexity index is 757. The third kappa shape index (κ3) is 4.76. The highest BCUT2D eigenvalue weighted by Gasteiger charge is 2.01. The van der Waals surface area contributed by atoms with Gasteiger partial charge in [-0.25, -0.2) is 0 Å². The summed E-state index contributed by atoms with van der Waals surface area (Å²) in [5, 5.41) is 0. The minimum absolute atomic E-state index is 0.0678. The molecule has 2 aromatic rings. The second-order valence-electron chi connectivity index (χ2n) is 4.87. The molecule has 0 spiro atoms. The third-order valence-electron chi connectivity index (χ3n) is 3.24. The maximum Gasteiger partial charge on any atom is 0.168 e. The summed E-state index contributed by atoms with van der Waals surface area (Å²) in [6.07, 6.45) is 1.78. The fourth-order valence-corrected chi connectivity index (χ4v) is 1.91. The molecular weight excluding hydrogens is 288 g/mol. The minimum atomic E-state index is -0.0678.